The highest BCUT2D eigenvalue weighted by molar-refractivity contribution is 5.76. The second-order valence-corrected chi connectivity index (χ2v) is 7.27. The second-order valence-electron chi connectivity index (χ2n) is 7.27. The number of carbonyl (C=O) groups is 2. The zero-order valence-electron chi connectivity index (χ0n) is 13.5. The molecule has 4 atom stereocenters. The van der Waals surface area contributed by atoms with E-state index in [4.69, 9.17) is 18.9 Å². The van der Waals surface area contributed by atoms with Crippen molar-refractivity contribution in [3.8, 4) is 0 Å². The number of ether oxygens (including phenoxy) is 4. The lowest BCUT2D eigenvalue weighted by molar-refractivity contribution is -0.234. The molecule has 0 unspecified atom stereocenters. The summed E-state index contributed by atoms with van der Waals surface area (Å²) in [6.45, 7) is 10.6. The summed E-state index contributed by atoms with van der Waals surface area (Å²) in [5.74, 6) is -1.38. The quantitative estimate of drug-likeness (QED) is 0.583. The van der Waals surface area contributed by atoms with E-state index in [2.05, 4.69) is 0 Å². The Labute approximate surface area is 125 Å². The smallest absolute Gasteiger partial charge is 0.311 e. The van der Waals surface area contributed by atoms with Gasteiger partial charge in [-0.05, 0) is 34.6 Å². The highest BCUT2D eigenvalue weighted by atomic mass is 16.8. The SMILES string of the molecule is C[C@H]1[C@H]2OC(C)(C)O[C@H]2O[C@@]1(C=O)COC(=O)C(C)(C)C. The van der Waals surface area contributed by atoms with Gasteiger partial charge in [-0.15, -0.1) is 0 Å². The molecule has 6 heteroatoms. The standard InChI is InChI=1S/C15H24O6/c1-9-10-11(20-14(5,6)19-10)21-15(9,7-16)8-18-12(17)13(2,3)4/h7,9-11H,8H2,1-6H3/t9-,10+,11-,15-/m0/s1. The van der Waals surface area contributed by atoms with Gasteiger partial charge < -0.3 is 18.9 Å². The first kappa shape index (κ1) is 16.4. The molecule has 2 rings (SSSR count). The predicted octanol–water partition coefficient (Wildman–Crippen LogP) is 1.66. The molecule has 21 heavy (non-hydrogen) atoms. The fourth-order valence-electron chi connectivity index (χ4n) is 2.52. The molecule has 0 saturated carbocycles. The van der Waals surface area contributed by atoms with E-state index in [1.54, 1.807) is 34.6 Å². The number of esters is 1. The molecule has 2 aliphatic heterocycles. The van der Waals surface area contributed by atoms with E-state index in [1.165, 1.54) is 0 Å². The molecule has 0 aliphatic carbocycles. The molecule has 0 aromatic carbocycles. The van der Waals surface area contributed by atoms with Crippen LogP contribution in [0.15, 0.2) is 0 Å². The van der Waals surface area contributed by atoms with E-state index < -0.39 is 23.1 Å². The van der Waals surface area contributed by atoms with Gasteiger partial charge in [0.2, 0.25) is 0 Å². The summed E-state index contributed by atoms with van der Waals surface area (Å²) < 4.78 is 22.4. The Balaban J connectivity index is 2.07. The monoisotopic (exact) mass is 300 g/mol. The summed E-state index contributed by atoms with van der Waals surface area (Å²) in [5, 5.41) is 0. The molecule has 0 N–H and O–H groups in total. The van der Waals surface area contributed by atoms with Crippen molar-refractivity contribution in [2.24, 2.45) is 11.3 Å². The van der Waals surface area contributed by atoms with E-state index in [0.717, 1.165) is 0 Å². The van der Waals surface area contributed by atoms with Gasteiger partial charge in [-0.3, -0.25) is 9.59 Å². The first-order valence-corrected chi connectivity index (χ1v) is 7.18. The Morgan fingerprint density at radius 2 is 1.86 bits per heavy atom. The van der Waals surface area contributed by atoms with Gasteiger partial charge in [0.25, 0.3) is 0 Å². The second kappa shape index (κ2) is 5.04. The van der Waals surface area contributed by atoms with Crippen LogP contribution < -0.4 is 0 Å². The summed E-state index contributed by atoms with van der Waals surface area (Å²) in [7, 11) is 0. The van der Waals surface area contributed by atoms with Crippen molar-refractivity contribution < 1.29 is 28.5 Å². The third-order valence-corrected chi connectivity index (χ3v) is 3.93. The maximum Gasteiger partial charge on any atom is 0.311 e. The Hall–Kier alpha value is -0.980. The van der Waals surface area contributed by atoms with Crippen LogP contribution in [0.3, 0.4) is 0 Å². The van der Waals surface area contributed by atoms with Gasteiger partial charge in [-0.1, -0.05) is 6.92 Å². The summed E-state index contributed by atoms with van der Waals surface area (Å²) in [5.41, 5.74) is -1.84. The molecular formula is C15H24O6. The van der Waals surface area contributed by atoms with Gasteiger partial charge in [0.1, 0.15) is 12.7 Å². The fourth-order valence-corrected chi connectivity index (χ4v) is 2.52. The zero-order valence-corrected chi connectivity index (χ0v) is 13.5. The first-order valence-electron chi connectivity index (χ1n) is 7.18. The van der Waals surface area contributed by atoms with Crippen LogP contribution in [0.25, 0.3) is 0 Å². The van der Waals surface area contributed by atoms with Crippen molar-refractivity contribution in [3.63, 3.8) is 0 Å². The predicted molar refractivity (Wildman–Crippen MR) is 73.3 cm³/mol. The van der Waals surface area contributed by atoms with Gasteiger partial charge in [0, 0.05) is 5.92 Å². The maximum atomic E-state index is 11.9. The lowest BCUT2D eigenvalue weighted by atomic mass is 9.89. The minimum absolute atomic E-state index is 0.131. The van der Waals surface area contributed by atoms with Crippen LogP contribution >= 0.6 is 0 Å². The van der Waals surface area contributed by atoms with Crippen molar-refractivity contribution in [1.82, 2.24) is 0 Å². The minimum Gasteiger partial charge on any atom is -0.462 e. The molecule has 2 saturated heterocycles. The van der Waals surface area contributed by atoms with Gasteiger partial charge in [0.05, 0.1) is 5.41 Å². The number of hydrogen-bond donors (Lipinski definition) is 0. The van der Waals surface area contributed by atoms with Crippen molar-refractivity contribution >= 4 is 12.3 Å². The maximum absolute atomic E-state index is 11.9. The molecule has 0 bridgehead atoms. The molecule has 2 aliphatic rings. The summed E-state index contributed by atoms with van der Waals surface area (Å²) >= 11 is 0. The molecule has 2 fully saturated rings. The van der Waals surface area contributed by atoms with Crippen LogP contribution in [0.5, 0.6) is 0 Å². The highest BCUT2D eigenvalue weighted by Gasteiger charge is 2.60. The van der Waals surface area contributed by atoms with Crippen LogP contribution in [0, 0.1) is 11.3 Å². The van der Waals surface area contributed by atoms with Crippen LogP contribution in [0.2, 0.25) is 0 Å². The third kappa shape index (κ3) is 2.98. The molecular weight excluding hydrogens is 276 g/mol. The Kier molecular flexibility index (Phi) is 3.93. The lowest BCUT2D eigenvalue weighted by Gasteiger charge is -2.31. The molecule has 0 spiro atoms. The van der Waals surface area contributed by atoms with Gasteiger partial charge in [-0.25, -0.2) is 0 Å². The van der Waals surface area contributed by atoms with Crippen molar-refractivity contribution in [1.29, 1.82) is 0 Å². The average molecular weight is 300 g/mol. The van der Waals surface area contributed by atoms with Crippen LogP contribution in [-0.2, 0) is 28.5 Å². The van der Waals surface area contributed by atoms with Crippen LogP contribution in [0.1, 0.15) is 41.5 Å². The molecule has 120 valence electrons. The average Bonchev–Trinajstić information content (AvgIpc) is 2.78. The molecule has 6 nitrogen and oxygen atoms in total. The van der Waals surface area contributed by atoms with Crippen LogP contribution in [0.4, 0.5) is 0 Å². The topological polar surface area (TPSA) is 71.1 Å². The van der Waals surface area contributed by atoms with E-state index in [0.29, 0.717) is 6.29 Å². The molecule has 0 aromatic rings. The van der Waals surface area contributed by atoms with Crippen molar-refractivity contribution in [3.05, 3.63) is 0 Å². The largest absolute Gasteiger partial charge is 0.462 e. The number of carbonyl (C=O) groups excluding carboxylic acids is 2. The Morgan fingerprint density at radius 1 is 1.24 bits per heavy atom. The van der Waals surface area contributed by atoms with E-state index in [-0.39, 0.29) is 24.6 Å². The number of rotatable bonds is 3. The van der Waals surface area contributed by atoms with E-state index in [9.17, 15) is 9.59 Å². The summed E-state index contributed by atoms with van der Waals surface area (Å²) in [4.78, 5) is 23.4. The normalized spacial score (nSPS) is 38.1. The van der Waals surface area contributed by atoms with E-state index in [1.807, 2.05) is 6.92 Å². The zero-order chi connectivity index (χ0) is 16.1. The lowest BCUT2D eigenvalue weighted by Crippen LogP contribution is -2.46. The molecule has 0 aromatic heterocycles. The van der Waals surface area contributed by atoms with E-state index >= 15 is 0 Å². The first-order chi connectivity index (χ1) is 9.51. The molecule has 0 radical (unpaired) electrons. The fraction of sp³-hybridized carbons (Fsp3) is 0.867. The number of hydrogen-bond acceptors (Lipinski definition) is 6. The number of fused-ring (bicyclic) bond motifs is 1. The van der Waals surface area contributed by atoms with Gasteiger partial charge in [0.15, 0.2) is 24.0 Å². The molecule has 0 amide bonds. The third-order valence-electron chi connectivity index (χ3n) is 3.93. The highest BCUT2D eigenvalue weighted by Crippen LogP contribution is 2.45. The van der Waals surface area contributed by atoms with Gasteiger partial charge >= 0.3 is 5.97 Å². The Bertz CT molecular complexity index is 438. The summed E-state index contributed by atoms with van der Waals surface area (Å²) in [6, 6.07) is 0. The Morgan fingerprint density at radius 3 is 2.33 bits per heavy atom. The van der Waals surface area contributed by atoms with Crippen molar-refractivity contribution in [2.75, 3.05) is 6.61 Å². The van der Waals surface area contributed by atoms with Crippen molar-refractivity contribution in [2.45, 2.75) is 65.3 Å². The summed E-state index contributed by atoms with van der Waals surface area (Å²) in [6.07, 6.45) is -0.280. The van der Waals surface area contributed by atoms with Crippen LogP contribution in [-0.4, -0.2) is 42.6 Å². The molecule has 2 heterocycles. The number of aldehydes is 1. The minimum atomic E-state index is -1.22. The van der Waals surface area contributed by atoms with Gasteiger partial charge in [-0.2, -0.15) is 0 Å².